The first-order chi connectivity index (χ1) is 7.85. The van der Waals surface area contributed by atoms with Gasteiger partial charge in [0.05, 0.1) is 12.0 Å². The normalized spacial score (nSPS) is 25.1. The molecule has 1 N–H and O–H groups in total. The lowest BCUT2D eigenvalue weighted by Crippen LogP contribution is -2.34. The molecule has 0 aromatic carbocycles. The Morgan fingerprint density at radius 3 is 3.19 bits per heavy atom. The van der Waals surface area contributed by atoms with Crippen LogP contribution < -0.4 is 5.32 Å². The van der Waals surface area contributed by atoms with Gasteiger partial charge in [-0.1, -0.05) is 6.42 Å². The molecule has 16 heavy (non-hydrogen) atoms. The molecule has 4 heteroatoms. The molecular weight excluding hydrogens is 218 g/mol. The van der Waals surface area contributed by atoms with Gasteiger partial charge >= 0.3 is 0 Å². The van der Waals surface area contributed by atoms with E-state index in [0.29, 0.717) is 6.04 Å². The molecular formula is C12H21N3S. The van der Waals surface area contributed by atoms with Crippen molar-refractivity contribution < 1.29 is 0 Å². The highest BCUT2D eigenvalue weighted by Crippen LogP contribution is 2.28. The van der Waals surface area contributed by atoms with Crippen LogP contribution in [0.2, 0.25) is 0 Å². The zero-order valence-electron chi connectivity index (χ0n) is 10.1. The minimum atomic E-state index is 0.690. The van der Waals surface area contributed by atoms with Crippen LogP contribution in [0.4, 0.5) is 0 Å². The summed E-state index contributed by atoms with van der Waals surface area (Å²) in [5, 5.41) is 4.48. The Balaban J connectivity index is 1.87. The summed E-state index contributed by atoms with van der Waals surface area (Å²) in [5.41, 5.74) is 1.30. The number of nitrogens with zero attached hydrogens (tertiary/aromatic N) is 2. The average molecular weight is 239 g/mol. The van der Waals surface area contributed by atoms with Gasteiger partial charge in [0.2, 0.25) is 0 Å². The second kappa shape index (κ2) is 5.73. The molecule has 0 bridgehead atoms. The van der Waals surface area contributed by atoms with E-state index in [1.54, 1.807) is 0 Å². The summed E-state index contributed by atoms with van der Waals surface area (Å²) in [4.78, 5) is 4.20. The van der Waals surface area contributed by atoms with Crippen molar-refractivity contribution in [2.45, 2.75) is 50.6 Å². The van der Waals surface area contributed by atoms with E-state index in [1.807, 2.05) is 24.3 Å². The molecule has 1 aromatic heterocycles. The van der Waals surface area contributed by atoms with E-state index >= 15 is 0 Å². The van der Waals surface area contributed by atoms with Gasteiger partial charge in [0.1, 0.15) is 0 Å². The largest absolute Gasteiger partial charge is 0.334 e. The standard InChI is InChI=1S/C12H21N3S/c1-3-15-9-13-7-10(15)8-14-11-5-4-6-12(11)16-2/h7,9,11-12,14H,3-6,8H2,1-2H3. The molecule has 2 rings (SSSR count). The summed E-state index contributed by atoms with van der Waals surface area (Å²) >= 11 is 2.00. The van der Waals surface area contributed by atoms with Crippen LogP contribution in [0.5, 0.6) is 0 Å². The number of aromatic nitrogens is 2. The zero-order chi connectivity index (χ0) is 11.4. The number of hydrogen-bond acceptors (Lipinski definition) is 3. The predicted molar refractivity (Wildman–Crippen MR) is 69.7 cm³/mol. The second-order valence-electron chi connectivity index (χ2n) is 4.36. The lowest BCUT2D eigenvalue weighted by molar-refractivity contribution is 0.515. The minimum Gasteiger partial charge on any atom is -0.334 e. The maximum absolute atomic E-state index is 4.20. The van der Waals surface area contributed by atoms with Crippen LogP contribution in [-0.2, 0) is 13.1 Å². The maximum Gasteiger partial charge on any atom is 0.0948 e. The number of hydrogen-bond donors (Lipinski definition) is 1. The maximum atomic E-state index is 4.20. The van der Waals surface area contributed by atoms with Crippen LogP contribution in [0.3, 0.4) is 0 Å². The van der Waals surface area contributed by atoms with E-state index in [-0.39, 0.29) is 0 Å². The molecule has 0 amide bonds. The van der Waals surface area contributed by atoms with Crippen LogP contribution in [0.25, 0.3) is 0 Å². The topological polar surface area (TPSA) is 29.9 Å². The molecule has 1 aromatic rings. The Morgan fingerprint density at radius 2 is 2.44 bits per heavy atom. The van der Waals surface area contributed by atoms with Crippen molar-refractivity contribution in [1.82, 2.24) is 14.9 Å². The molecule has 1 fully saturated rings. The van der Waals surface area contributed by atoms with Crippen molar-refractivity contribution in [2.75, 3.05) is 6.26 Å². The average Bonchev–Trinajstić information content (AvgIpc) is 2.94. The van der Waals surface area contributed by atoms with Gasteiger partial charge < -0.3 is 9.88 Å². The van der Waals surface area contributed by atoms with E-state index in [9.17, 15) is 0 Å². The van der Waals surface area contributed by atoms with Gasteiger partial charge in [-0.15, -0.1) is 0 Å². The first-order valence-corrected chi connectivity index (χ1v) is 7.39. The first-order valence-electron chi connectivity index (χ1n) is 6.10. The zero-order valence-corrected chi connectivity index (χ0v) is 11.0. The highest BCUT2D eigenvalue weighted by molar-refractivity contribution is 7.99. The summed E-state index contributed by atoms with van der Waals surface area (Å²) in [7, 11) is 0. The van der Waals surface area contributed by atoms with Crippen molar-refractivity contribution >= 4 is 11.8 Å². The van der Waals surface area contributed by atoms with Crippen molar-refractivity contribution in [2.24, 2.45) is 0 Å². The Hall–Kier alpha value is -0.480. The summed E-state index contributed by atoms with van der Waals surface area (Å²) in [5.74, 6) is 0. The number of aryl methyl sites for hydroxylation is 1. The van der Waals surface area contributed by atoms with Crippen molar-refractivity contribution in [3.05, 3.63) is 18.2 Å². The summed E-state index contributed by atoms with van der Waals surface area (Å²) in [6, 6.07) is 0.690. The van der Waals surface area contributed by atoms with Crippen LogP contribution in [0.15, 0.2) is 12.5 Å². The number of imidazole rings is 1. The molecule has 2 atom stereocenters. The molecule has 0 aliphatic heterocycles. The third kappa shape index (κ3) is 2.61. The van der Waals surface area contributed by atoms with E-state index < -0.39 is 0 Å². The Morgan fingerprint density at radius 1 is 1.56 bits per heavy atom. The minimum absolute atomic E-state index is 0.690. The highest BCUT2D eigenvalue weighted by atomic mass is 32.2. The SMILES string of the molecule is CCn1cncc1CNC1CCCC1SC. The quantitative estimate of drug-likeness (QED) is 0.855. The molecule has 0 saturated heterocycles. The van der Waals surface area contributed by atoms with Crippen LogP contribution in [0.1, 0.15) is 31.9 Å². The number of thioether (sulfide) groups is 1. The van der Waals surface area contributed by atoms with Crippen molar-refractivity contribution in [3.63, 3.8) is 0 Å². The van der Waals surface area contributed by atoms with Gasteiger partial charge in [0, 0.05) is 30.6 Å². The fraction of sp³-hybridized carbons (Fsp3) is 0.750. The van der Waals surface area contributed by atoms with E-state index in [0.717, 1.165) is 18.3 Å². The number of nitrogens with one attached hydrogen (secondary N) is 1. The lowest BCUT2D eigenvalue weighted by atomic mass is 10.2. The molecule has 1 heterocycles. The molecule has 0 spiro atoms. The van der Waals surface area contributed by atoms with E-state index in [2.05, 4.69) is 28.0 Å². The Kier molecular flexibility index (Phi) is 4.29. The number of rotatable bonds is 5. The molecule has 90 valence electrons. The fourth-order valence-corrected chi connectivity index (χ4v) is 3.42. The Labute approximate surface area is 102 Å². The predicted octanol–water partition coefficient (Wildman–Crippen LogP) is 2.28. The third-order valence-corrected chi connectivity index (χ3v) is 4.61. The van der Waals surface area contributed by atoms with Crippen LogP contribution in [-0.4, -0.2) is 27.1 Å². The smallest absolute Gasteiger partial charge is 0.0948 e. The van der Waals surface area contributed by atoms with Gasteiger partial charge in [-0.2, -0.15) is 11.8 Å². The van der Waals surface area contributed by atoms with Crippen LogP contribution in [0, 0.1) is 0 Å². The molecule has 3 nitrogen and oxygen atoms in total. The van der Waals surface area contributed by atoms with Gasteiger partial charge in [0.25, 0.3) is 0 Å². The monoisotopic (exact) mass is 239 g/mol. The second-order valence-corrected chi connectivity index (χ2v) is 5.44. The highest BCUT2D eigenvalue weighted by Gasteiger charge is 2.25. The van der Waals surface area contributed by atoms with Crippen molar-refractivity contribution in [1.29, 1.82) is 0 Å². The summed E-state index contributed by atoms with van der Waals surface area (Å²) < 4.78 is 2.20. The lowest BCUT2D eigenvalue weighted by Gasteiger charge is -2.19. The van der Waals surface area contributed by atoms with E-state index in [4.69, 9.17) is 0 Å². The first kappa shape index (κ1) is 12.0. The summed E-state index contributed by atoms with van der Waals surface area (Å²) in [6.45, 7) is 4.12. The Bertz CT molecular complexity index is 324. The van der Waals surface area contributed by atoms with Gasteiger partial charge in [-0.05, 0) is 26.0 Å². The molecule has 2 unspecified atom stereocenters. The molecule has 0 radical (unpaired) electrons. The van der Waals surface area contributed by atoms with Gasteiger partial charge in [-0.3, -0.25) is 0 Å². The van der Waals surface area contributed by atoms with E-state index in [1.165, 1.54) is 25.0 Å². The van der Waals surface area contributed by atoms with Crippen molar-refractivity contribution in [3.8, 4) is 0 Å². The van der Waals surface area contributed by atoms with Gasteiger partial charge in [-0.25, -0.2) is 4.98 Å². The molecule has 1 saturated carbocycles. The van der Waals surface area contributed by atoms with Crippen LogP contribution >= 0.6 is 11.8 Å². The molecule has 1 aliphatic rings. The molecule has 1 aliphatic carbocycles. The fourth-order valence-electron chi connectivity index (χ4n) is 2.46. The van der Waals surface area contributed by atoms with Gasteiger partial charge in [0.15, 0.2) is 0 Å². The summed E-state index contributed by atoms with van der Waals surface area (Å²) in [6.07, 6.45) is 10.2. The third-order valence-electron chi connectivity index (χ3n) is 3.44.